The number of nitrogens with zero attached hydrogens (tertiary/aromatic N) is 1. The van der Waals surface area contributed by atoms with Gasteiger partial charge in [-0.3, -0.25) is 0 Å². The second-order valence-electron chi connectivity index (χ2n) is 8.81. The van der Waals surface area contributed by atoms with E-state index >= 15 is 0 Å². The lowest BCUT2D eigenvalue weighted by Gasteiger charge is -2.37. The summed E-state index contributed by atoms with van der Waals surface area (Å²) in [5.74, 6) is 2.05. The highest BCUT2D eigenvalue weighted by molar-refractivity contribution is 4.92. The third-order valence-electron chi connectivity index (χ3n) is 5.31. The molecule has 1 saturated heterocycles. The number of rotatable bonds is 6. The summed E-state index contributed by atoms with van der Waals surface area (Å²) in [6.07, 6.45) is 7.10. The standard InChI is InChI=1S/C18H36N2/c1-6-10-18(5,13-19-17(2,3)4)14-20-11-15-8-7-9-16(15)12-20/h15-16,19H,6-14H2,1-5H3. The van der Waals surface area contributed by atoms with Crippen LogP contribution >= 0.6 is 0 Å². The minimum absolute atomic E-state index is 0.233. The average molecular weight is 280 g/mol. The lowest BCUT2D eigenvalue weighted by molar-refractivity contribution is 0.154. The summed E-state index contributed by atoms with van der Waals surface area (Å²) in [7, 11) is 0. The van der Waals surface area contributed by atoms with E-state index in [1.807, 2.05) is 0 Å². The van der Waals surface area contributed by atoms with Crippen LogP contribution in [-0.4, -0.2) is 36.6 Å². The van der Waals surface area contributed by atoms with Crippen LogP contribution in [0.3, 0.4) is 0 Å². The predicted molar refractivity (Wildman–Crippen MR) is 88.0 cm³/mol. The molecule has 1 aliphatic carbocycles. The predicted octanol–water partition coefficient (Wildman–Crippen LogP) is 3.91. The highest BCUT2D eigenvalue weighted by Gasteiger charge is 2.38. The van der Waals surface area contributed by atoms with E-state index < -0.39 is 0 Å². The Morgan fingerprint density at radius 3 is 2.15 bits per heavy atom. The fourth-order valence-electron chi connectivity index (χ4n) is 4.31. The average Bonchev–Trinajstić information content (AvgIpc) is 2.86. The van der Waals surface area contributed by atoms with Crippen LogP contribution in [0.1, 0.15) is 66.7 Å². The minimum Gasteiger partial charge on any atom is -0.311 e. The Hall–Kier alpha value is -0.0800. The molecule has 0 radical (unpaired) electrons. The smallest absolute Gasteiger partial charge is 0.00967 e. The summed E-state index contributed by atoms with van der Waals surface area (Å²) >= 11 is 0. The molecular weight excluding hydrogens is 244 g/mol. The van der Waals surface area contributed by atoms with E-state index in [1.54, 1.807) is 0 Å². The summed E-state index contributed by atoms with van der Waals surface area (Å²) in [5.41, 5.74) is 0.664. The molecule has 0 aromatic carbocycles. The van der Waals surface area contributed by atoms with Gasteiger partial charge in [0.25, 0.3) is 0 Å². The van der Waals surface area contributed by atoms with Crippen molar-refractivity contribution in [2.24, 2.45) is 17.3 Å². The maximum absolute atomic E-state index is 3.74. The molecule has 118 valence electrons. The van der Waals surface area contributed by atoms with Crippen LogP contribution in [0.5, 0.6) is 0 Å². The van der Waals surface area contributed by atoms with Crippen molar-refractivity contribution in [1.29, 1.82) is 0 Å². The molecule has 0 amide bonds. The summed E-state index contributed by atoms with van der Waals surface area (Å²) in [4.78, 5) is 2.77. The van der Waals surface area contributed by atoms with Crippen molar-refractivity contribution in [2.45, 2.75) is 72.3 Å². The number of nitrogens with one attached hydrogen (secondary N) is 1. The lowest BCUT2D eigenvalue weighted by atomic mass is 9.84. The zero-order chi connectivity index (χ0) is 14.8. The van der Waals surface area contributed by atoms with Crippen molar-refractivity contribution in [3.05, 3.63) is 0 Å². The first-order valence-electron chi connectivity index (χ1n) is 8.79. The molecule has 1 N–H and O–H groups in total. The van der Waals surface area contributed by atoms with Crippen LogP contribution in [0.25, 0.3) is 0 Å². The number of fused-ring (bicyclic) bond motifs is 1. The Bertz CT molecular complexity index is 295. The van der Waals surface area contributed by atoms with Crippen molar-refractivity contribution >= 4 is 0 Å². The summed E-state index contributed by atoms with van der Waals surface area (Å²) in [6, 6.07) is 0. The number of likely N-dealkylation sites (tertiary alicyclic amines) is 1. The van der Waals surface area contributed by atoms with Crippen molar-refractivity contribution in [1.82, 2.24) is 10.2 Å². The molecule has 0 spiro atoms. The van der Waals surface area contributed by atoms with Gasteiger partial charge in [-0.05, 0) is 57.3 Å². The van der Waals surface area contributed by atoms with E-state index in [9.17, 15) is 0 Å². The van der Waals surface area contributed by atoms with E-state index in [-0.39, 0.29) is 5.54 Å². The van der Waals surface area contributed by atoms with E-state index in [4.69, 9.17) is 0 Å². The van der Waals surface area contributed by atoms with Crippen LogP contribution < -0.4 is 5.32 Å². The first-order valence-corrected chi connectivity index (χ1v) is 8.79. The van der Waals surface area contributed by atoms with Gasteiger partial charge in [-0.25, -0.2) is 0 Å². The third kappa shape index (κ3) is 4.46. The molecule has 0 bridgehead atoms. The first-order chi connectivity index (χ1) is 9.31. The van der Waals surface area contributed by atoms with Crippen molar-refractivity contribution in [3.8, 4) is 0 Å². The summed E-state index contributed by atoms with van der Waals surface area (Å²) in [6.45, 7) is 16.8. The van der Waals surface area contributed by atoms with Gasteiger partial charge in [0.1, 0.15) is 0 Å². The van der Waals surface area contributed by atoms with Crippen LogP contribution in [0, 0.1) is 17.3 Å². The zero-order valence-corrected chi connectivity index (χ0v) is 14.5. The van der Waals surface area contributed by atoms with E-state index in [0.717, 1.165) is 18.4 Å². The quantitative estimate of drug-likeness (QED) is 0.793. The number of hydrogen-bond donors (Lipinski definition) is 1. The van der Waals surface area contributed by atoms with E-state index in [1.165, 1.54) is 51.7 Å². The van der Waals surface area contributed by atoms with E-state index in [2.05, 4.69) is 44.8 Å². The summed E-state index contributed by atoms with van der Waals surface area (Å²) < 4.78 is 0. The van der Waals surface area contributed by atoms with Gasteiger partial charge < -0.3 is 10.2 Å². The molecule has 20 heavy (non-hydrogen) atoms. The fraction of sp³-hybridized carbons (Fsp3) is 1.00. The fourth-order valence-corrected chi connectivity index (χ4v) is 4.31. The molecule has 0 aromatic heterocycles. The molecule has 2 heteroatoms. The van der Waals surface area contributed by atoms with Gasteiger partial charge in [0.15, 0.2) is 0 Å². The van der Waals surface area contributed by atoms with Gasteiger partial charge in [0.05, 0.1) is 0 Å². The molecule has 1 aliphatic heterocycles. The molecule has 2 aliphatic rings. The third-order valence-corrected chi connectivity index (χ3v) is 5.31. The first kappa shape index (κ1) is 16.3. The molecule has 3 unspecified atom stereocenters. The molecular formula is C18H36N2. The summed E-state index contributed by atoms with van der Waals surface area (Å²) in [5, 5.41) is 3.74. The topological polar surface area (TPSA) is 15.3 Å². The second-order valence-corrected chi connectivity index (χ2v) is 8.81. The molecule has 0 aromatic rings. The van der Waals surface area contributed by atoms with Gasteiger partial charge >= 0.3 is 0 Å². The molecule has 3 atom stereocenters. The normalized spacial score (nSPS) is 30.4. The van der Waals surface area contributed by atoms with Crippen LogP contribution in [-0.2, 0) is 0 Å². The van der Waals surface area contributed by atoms with Crippen molar-refractivity contribution in [2.75, 3.05) is 26.2 Å². The highest BCUT2D eigenvalue weighted by Crippen LogP contribution is 2.39. The Labute approximate surface area is 126 Å². The molecule has 2 fully saturated rings. The van der Waals surface area contributed by atoms with Crippen molar-refractivity contribution < 1.29 is 0 Å². The van der Waals surface area contributed by atoms with Gasteiger partial charge in [-0.2, -0.15) is 0 Å². The van der Waals surface area contributed by atoms with Crippen molar-refractivity contribution in [3.63, 3.8) is 0 Å². The Morgan fingerprint density at radius 2 is 1.65 bits per heavy atom. The maximum atomic E-state index is 3.74. The van der Waals surface area contributed by atoms with Gasteiger partial charge in [0.2, 0.25) is 0 Å². The Morgan fingerprint density at radius 1 is 1.05 bits per heavy atom. The Balaban J connectivity index is 1.88. The van der Waals surface area contributed by atoms with Gasteiger partial charge in [-0.15, -0.1) is 0 Å². The maximum Gasteiger partial charge on any atom is 0.00967 e. The Kier molecular flexibility index (Phi) is 5.18. The zero-order valence-electron chi connectivity index (χ0n) is 14.5. The second kappa shape index (κ2) is 6.36. The highest BCUT2D eigenvalue weighted by atomic mass is 15.2. The molecule has 1 heterocycles. The molecule has 1 saturated carbocycles. The SMILES string of the molecule is CCCC(C)(CNC(C)(C)C)CN1CC2CCCC2C1. The van der Waals surface area contributed by atoms with Crippen LogP contribution in [0.4, 0.5) is 0 Å². The molecule has 2 nitrogen and oxygen atoms in total. The van der Waals surface area contributed by atoms with Gasteiger partial charge in [-0.1, -0.05) is 26.7 Å². The van der Waals surface area contributed by atoms with E-state index in [0.29, 0.717) is 5.41 Å². The largest absolute Gasteiger partial charge is 0.311 e. The monoisotopic (exact) mass is 280 g/mol. The van der Waals surface area contributed by atoms with Crippen LogP contribution in [0.15, 0.2) is 0 Å². The number of hydrogen-bond acceptors (Lipinski definition) is 2. The minimum atomic E-state index is 0.233. The lowest BCUT2D eigenvalue weighted by Crippen LogP contribution is -2.47. The molecule has 2 rings (SSSR count). The van der Waals surface area contributed by atoms with Gasteiger partial charge in [0, 0.05) is 31.7 Å². The van der Waals surface area contributed by atoms with Crippen LogP contribution in [0.2, 0.25) is 0 Å².